The molecule has 0 aliphatic carbocycles. The predicted octanol–water partition coefficient (Wildman–Crippen LogP) is 3.96. The number of carbonyl (C=O) groups excluding carboxylic acids is 2. The third-order valence-corrected chi connectivity index (χ3v) is 7.40. The summed E-state index contributed by atoms with van der Waals surface area (Å²) >= 11 is 0. The quantitative estimate of drug-likeness (QED) is 0.545. The third-order valence-electron chi connectivity index (χ3n) is 7.40. The SMILES string of the molecule is COC(=O)CCN1CC2(CCN(C(=O)c3ccc(-c4ccccc4)o3)CC2)c2cc(CN)ccc21. The Morgan fingerprint density at radius 2 is 1.83 bits per heavy atom. The van der Waals surface area contributed by atoms with Gasteiger partial charge < -0.3 is 24.7 Å². The molecule has 1 fully saturated rings. The van der Waals surface area contributed by atoms with Crippen LogP contribution in [-0.2, 0) is 21.5 Å². The molecule has 2 aromatic carbocycles. The molecule has 1 spiro atoms. The fraction of sp³-hybridized carbons (Fsp3) is 0.357. The molecule has 0 atom stereocenters. The molecule has 2 aliphatic heterocycles. The summed E-state index contributed by atoms with van der Waals surface area (Å²) in [7, 11) is 1.42. The number of ether oxygens (including phenoxy) is 1. The Hall–Kier alpha value is -3.58. The van der Waals surface area contributed by atoms with E-state index in [4.69, 9.17) is 14.9 Å². The Kier molecular flexibility index (Phi) is 6.34. The number of likely N-dealkylation sites (tertiary alicyclic amines) is 1. The molecule has 2 aliphatic rings. The van der Waals surface area contributed by atoms with Crippen LogP contribution in [0.15, 0.2) is 65.1 Å². The van der Waals surface area contributed by atoms with E-state index in [1.807, 2.05) is 41.3 Å². The van der Waals surface area contributed by atoms with Gasteiger partial charge in [-0.05, 0) is 42.2 Å². The van der Waals surface area contributed by atoms with Crippen molar-refractivity contribution in [2.45, 2.75) is 31.2 Å². The molecule has 3 heterocycles. The maximum atomic E-state index is 13.2. The number of fused-ring (bicyclic) bond motifs is 2. The van der Waals surface area contributed by atoms with Crippen LogP contribution >= 0.6 is 0 Å². The van der Waals surface area contributed by atoms with Crippen LogP contribution in [0.3, 0.4) is 0 Å². The van der Waals surface area contributed by atoms with Crippen molar-refractivity contribution in [1.29, 1.82) is 0 Å². The Labute approximate surface area is 205 Å². The zero-order chi connectivity index (χ0) is 24.4. The lowest BCUT2D eigenvalue weighted by atomic mass is 9.74. The summed E-state index contributed by atoms with van der Waals surface area (Å²) < 4.78 is 10.8. The first-order chi connectivity index (χ1) is 17.0. The molecule has 0 saturated carbocycles. The van der Waals surface area contributed by atoms with E-state index in [1.165, 1.54) is 12.7 Å². The maximum absolute atomic E-state index is 13.2. The maximum Gasteiger partial charge on any atom is 0.307 e. The van der Waals surface area contributed by atoms with Gasteiger partial charge in [-0.25, -0.2) is 0 Å². The van der Waals surface area contributed by atoms with Gasteiger partial charge in [0, 0.05) is 49.4 Å². The highest BCUT2D eigenvalue weighted by Gasteiger charge is 2.45. The molecule has 7 nitrogen and oxygen atoms in total. The normalized spacial score (nSPS) is 16.4. The van der Waals surface area contributed by atoms with E-state index in [-0.39, 0.29) is 17.3 Å². The van der Waals surface area contributed by atoms with Crippen molar-refractivity contribution < 1.29 is 18.7 Å². The molecule has 1 amide bonds. The van der Waals surface area contributed by atoms with Crippen LogP contribution in [0.25, 0.3) is 11.3 Å². The zero-order valence-corrected chi connectivity index (χ0v) is 20.0. The first kappa shape index (κ1) is 23.2. The molecule has 3 aromatic rings. The van der Waals surface area contributed by atoms with Crippen molar-refractivity contribution in [2.75, 3.05) is 38.2 Å². The Morgan fingerprint density at radius 3 is 2.54 bits per heavy atom. The average Bonchev–Trinajstić information content (AvgIpc) is 3.51. The van der Waals surface area contributed by atoms with Gasteiger partial charge in [-0.2, -0.15) is 0 Å². The zero-order valence-electron chi connectivity index (χ0n) is 20.0. The van der Waals surface area contributed by atoms with Crippen LogP contribution in [0.1, 0.15) is 40.9 Å². The van der Waals surface area contributed by atoms with E-state index in [0.717, 1.165) is 36.2 Å². The van der Waals surface area contributed by atoms with Crippen LogP contribution in [0, 0.1) is 0 Å². The number of piperidine rings is 1. The molecule has 1 saturated heterocycles. The number of esters is 1. The smallest absolute Gasteiger partial charge is 0.307 e. The minimum Gasteiger partial charge on any atom is -0.469 e. The predicted molar refractivity (Wildman–Crippen MR) is 134 cm³/mol. The second-order valence-electron chi connectivity index (χ2n) is 9.41. The van der Waals surface area contributed by atoms with E-state index < -0.39 is 0 Å². The Morgan fingerprint density at radius 1 is 1.06 bits per heavy atom. The lowest BCUT2D eigenvalue weighted by Crippen LogP contribution is -2.47. The fourth-order valence-corrected chi connectivity index (χ4v) is 5.41. The monoisotopic (exact) mass is 473 g/mol. The molecule has 0 bridgehead atoms. The topological polar surface area (TPSA) is 89.0 Å². The van der Waals surface area contributed by atoms with E-state index in [9.17, 15) is 9.59 Å². The van der Waals surface area contributed by atoms with E-state index in [2.05, 4.69) is 23.1 Å². The number of amides is 1. The second-order valence-corrected chi connectivity index (χ2v) is 9.41. The van der Waals surface area contributed by atoms with E-state index in [1.54, 1.807) is 6.07 Å². The third kappa shape index (κ3) is 4.44. The highest BCUT2D eigenvalue weighted by atomic mass is 16.5. The summed E-state index contributed by atoms with van der Waals surface area (Å²) in [5.74, 6) is 0.790. The number of carbonyl (C=O) groups is 2. The molecule has 2 N–H and O–H groups in total. The summed E-state index contributed by atoms with van der Waals surface area (Å²) in [5.41, 5.74) is 10.4. The van der Waals surface area contributed by atoms with Crippen LogP contribution < -0.4 is 10.6 Å². The van der Waals surface area contributed by atoms with Crippen molar-refractivity contribution >= 4 is 17.6 Å². The molecule has 1 aromatic heterocycles. The standard InChI is InChI=1S/C28H31N3O4/c1-34-26(32)11-14-31-19-28(22-17-20(18-29)7-8-23(22)31)12-15-30(16-13-28)27(33)25-10-9-24(35-25)21-5-3-2-4-6-21/h2-10,17H,11-16,18-19,29H2,1H3. The van der Waals surface area contributed by atoms with Gasteiger partial charge in [0.25, 0.3) is 5.91 Å². The summed E-state index contributed by atoms with van der Waals surface area (Å²) in [6.45, 7) is 3.22. The first-order valence-electron chi connectivity index (χ1n) is 12.1. The fourth-order valence-electron chi connectivity index (χ4n) is 5.41. The van der Waals surface area contributed by atoms with Gasteiger partial charge in [-0.15, -0.1) is 0 Å². The van der Waals surface area contributed by atoms with Gasteiger partial charge in [-0.1, -0.05) is 42.5 Å². The number of anilines is 1. The van der Waals surface area contributed by atoms with Crippen LogP contribution in [0.5, 0.6) is 0 Å². The summed E-state index contributed by atoms with van der Waals surface area (Å²) in [6, 6.07) is 19.8. The van der Waals surface area contributed by atoms with Crippen LogP contribution in [-0.4, -0.2) is 50.1 Å². The highest BCUT2D eigenvalue weighted by Crippen LogP contribution is 2.47. The second kappa shape index (κ2) is 9.58. The first-order valence-corrected chi connectivity index (χ1v) is 12.1. The molecule has 0 radical (unpaired) electrons. The summed E-state index contributed by atoms with van der Waals surface area (Å²) in [5, 5.41) is 0. The minimum atomic E-state index is -0.209. The molecule has 182 valence electrons. The largest absolute Gasteiger partial charge is 0.469 e. The number of hydrogen-bond donors (Lipinski definition) is 1. The van der Waals surface area contributed by atoms with Gasteiger partial charge in [0.2, 0.25) is 0 Å². The Bertz CT molecular complexity index is 1210. The molecule has 7 heteroatoms. The Balaban J connectivity index is 1.32. The summed E-state index contributed by atoms with van der Waals surface area (Å²) in [6.07, 6.45) is 2.04. The van der Waals surface area contributed by atoms with Gasteiger partial charge >= 0.3 is 5.97 Å². The van der Waals surface area contributed by atoms with Gasteiger partial charge in [0.1, 0.15) is 5.76 Å². The van der Waals surface area contributed by atoms with Crippen molar-refractivity contribution in [3.63, 3.8) is 0 Å². The van der Waals surface area contributed by atoms with Crippen LogP contribution in [0.2, 0.25) is 0 Å². The number of methoxy groups -OCH3 is 1. The average molecular weight is 474 g/mol. The number of nitrogens with zero attached hydrogens (tertiary/aromatic N) is 2. The number of benzene rings is 2. The molecule has 35 heavy (non-hydrogen) atoms. The van der Waals surface area contributed by atoms with Gasteiger partial charge in [-0.3, -0.25) is 9.59 Å². The highest BCUT2D eigenvalue weighted by molar-refractivity contribution is 5.92. The van der Waals surface area contributed by atoms with Gasteiger partial charge in [0.15, 0.2) is 5.76 Å². The van der Waals surface area contributed by atoms with Gasteiger partial charge in [0.05, 0.1) is 13.5 Å². The number of rotatable bonds is 6. The molecule has 0 unspecified atom stereocenters. The summed E-state index contributed by atoms with van der Waals surface area (Å²) in [4.78, 5) is 29.2. The number of furan rings is 1. The number of hydrogen-bond acceptors (Lipinski definition) is 6. The van der Waals surface area contributed by atoms with E-state index in [0.29, 0.717) is 44.1 Å². The van der Waals surface area contributed by atoms with Crippen molar-refractivity contribution in [3.8, 4) is 11.3 Å². The molecular weight excluding hydrogens is 442 g/mol. The molecular formula is C28H31N3O4. The molecule has 5 rings (SSSR count). The van der Waals surface area contributed by atoms with Crippen molar-refractivity contribution in [3.05, 3.63) is 77.6 Å². The minimum absolute atomic E-state index is 0.0637. The lowest BCUT2D eigenvalue weighted by Gasteiger charge is -2.40. The van der Waals surface area contributed by atoms with E-state index >= 15 is 0 Å². The number of nitrogens with two attached hydrogens (primary N) is 1. The van der Waals surface area contributed by atoms with Crippen molar-refractivity contribution in [2.24, 2.45) is 5.73 Å². The van der Waals surface area contributed by atoms with Crippen LogP contribution in [0.4, 0.5) is 5.69 Å². The lowest BCUT2D eigenvalue weighted by molar-refractivity contribution is -0.140. The van der Waals surface area contributed by atoms with Crippen molar-refractivity contribution in [1.82, 2.24) is 4.90 Å².